The van der Waals surface area contributed by atoms with Crippen molar-refractivity contribution in [1.82, 2.24) is 0 Å². The lowest BCUT2D eigenvalue weighted by Crippen LogP contribution is -2.30. The van der Waals surface area contributed by atoms with Gasteiger partial charge in [-0.3, -0.25) is 14.4 Å². The molecule has 6 heteroatoms. The summed E-state index contributed by atoms with van der Waals surface area (Å²) in [4.78, 5) is 38.2. The summed E-state index contributed by atoms with van der Waals surface area (Å²) in [6.45, 7) is 6.68. The van der Waals surface area contributed by atoms with Crippen molar-refractivity contribution < 1.29 is 28.6 Å². The maximum Gasteiger partial charge on any atom is 0.306 e. The summed E-state index contributed by atoms with van der Waals surface area (Å²) in [5.41, 5.74) is 0. The zero-order chi connectivity index (χ0) is 51.4. The van der Waals surface area contributed by atoms with Crippen molar-refractivity contribution in [2.75, 3.05) is 13.2 Å². The lowest BCUT2D eigenvalue weighted by Gasteiger charge is -2.18. The predicted octanol–water partition coefficient (Wildman–Crippen LogP) is 21.2. The van der Waals surface area contributed by atoms with E-state index in [0.717, 1.165) is 77.0 Å². The third kappa shape index (κ3) is 58.4. The fourth-order valence-corrected chi connectivity index (χ4v) is 9.39. The Hall–Kier alpha value is -2.37. The fourth-order valence-electron chi connectivity index (χ4n) is 9.39. The topological polar surface area (TPSA) is 78.9 Å². The van der Waals surface area contributed by atoms with E-state index in [4.69, 9.17) is 14.2 Å². The van der Waals surface area contributed by atoms with Gasteiger partial charge in [0.05, 0.1) is 0 Å². The Bertz CT molecular complexity index is 1190. The van der Waals surface area contributed by atoms with Crippen LogP contribution in [0.3, 0.4) is 0 Å². The van der Waals surface area contributed by atoms with Gasteiger partial charge in [-0.25, -0.2) is 0 Å². The minimum atomic E-state index is -0.771. The molecule has 0 aromatic carbocycles. The number of ether oxygens (including phenoxy) is 3. The number of unbranched alkanes of at least 4 members (excludes halogenated alkanes) is 41. The van der Waals surface area contributed by atoms with Gasteiger partial charge in [-0.05, 0) is 57.8 Å². The molecule has 0 amide bonds. The molecule has 0 bridgehead atoms. The average Bonchev–Trinajstić information content (AvgIpc) is 3.37. The normalized spacial score (nSPS) is 12.2. The summed E-state index contributed by atoms with van der Waals surface area (Å²) in [6.07, 6.45) is 72.8. The first-order valence-electron chi connectivity index (χ1n) is 31.5. The van der Waals surface area contributed by atoms with Gasteiger partial charge in [0.15, 0.2) is 6.10 Å². The molecule has 0 aliphatic carbocycles. The Balaban J connectivity index is 4.30. The van der Waals surface area contributed by atoms with Gasteiger partial charge in [-0.15, -0.1) is 0 Å². The Labute approximate surface area is 442 Å². The van der Waals surface area contributed by atoms with Crippen LogP contribution in [0.2, 0.25) is 0 Å². The Morgan fingerprint density at radius 3 is 0.789 bits per heavy atom. The zero-order valence-electron chi connectivity index (χ0n) is 47.8. The maximum atomic E-state index is 12.9. The van der Waals surface area contributed by atoms with Gasteiger partial charge in [0.2, 0.25) is 0 Å². The molecular weight excluding hydrogens is 877 g/mol. The van der Waals surface area contributed by atoms with E-state index in [1.807, 2.05) is 0 Å². The van der Waals surface area contributed by atoms with Gasteiger partial charge < -0.3 is 14.2 Å². The molecule has 0 N–H and O–H groups in total. The number of rotatable bonds is 58. The lowest BCUT2D eigenvalue weighted by molar-refractivity contribution is -0.167. The highest BCUT2D eigenvalue weighted by Crippen LogP contribution is 2.17. The van der Waals surface area contributed by atoms with Crippen LogP contribution in [-0.4, -0.2) is 37.2 Å². The minimum absolute atomic E-state index is 0.0690. The molecule has 0 aromatic rings. The number of allylic oxidation sites excluding steroid dienone is 6. The molecule has 71 heavy (non-hydrogen) atoms. The highest BCUT2D eigenvalue weighted by atomic mass is 16.6. The molecule has 0 heterocycles. The fraction of sp³-hybridized carbons (Fsp3) is 0.862. The van der Waals surface area contributed by atoms with E-state index in [-0.39, 0.29) is 31.1 Å². The molecular formula is C65H120O6. The first kappa shape index (κ1) is 68.6. The zero-order valence-corrected chi connectivity index (χ0v) is 47.8. The van der Waals surface area contributed by atoms with Crippen molar-refractivity contribution in [3.8, 4) is 0 Å². The van der Waals surface area contributed by atoms with Crippen molar-refractivity contribution in [3.05, 3.63) is 36.5 Å². The second kappa shape index (κ2) is 60.2. The van der Waals surface area contributed by atoms with Gasteiger partial charge in [0, 0.05) is 19.3 Å². The molecule has 0 saturated carbocycles. The lowest BCUT2D eigenvalue weighted by atomic mass is 10.0. The molecule has 0 spiro atoms. The SMILES string of the molecule is CCCCCCC/C=C\C/C=C\C/C=C\CCCCCCCCCCC(=O)OCC(COC(=O)CCCCCCCCCCCCCCC)OC(=O)CCCCCCCCCCCCCCCCCCC. The number of esters is 3. The van der Waals surface area contributed by atoms with E-state index in [1.165, 1.54) is 225 Å². The van der Waals surface area contributed by atoms with Crippen molar-refractivity contribution >= 4 is 17.9 Å². The second-order valence-electron chi connectivity index (χ2n) is 21.3. The van der Waals surface area contributed by atoms with E-state index in [2.05, 4.69) is 57.2 Å². The van der Waals surface area contributed by atoms with E-state index < -0.39 is 6.10 Å². The predicted molar refractivity (Wildman–Crippen MR) is 307 cm³/mol. The van der Waals surface area contributed by atoms with E-state index in [0.29, 0.717) is 19.3 Å². The molecule has 0 aromatic heterocycles. The van der Waals surface area contributed by atoms with Crippen LogP contribution in [0.5, 0.6) is 0 Å². The molecule has 6 nitrogen and oxygen atoms in total. The second-order valence-corrected chi connectivity index (χ2v) is 21.3. The summed E-state index contributed by atoms with van der Waals surface area (Å²) >= 11 is 0. The number of carbonyl (C=O) groups excluding carboxylic acids is 3. The van der Waals surface area contributed by atoms with Crippen LogP contribution < -0.4 is 0 Å². The van der Waals surface area contributed by atoms with Gasteiger partial charge in [-0.2, -0.15) is 0 Å². The molecule has 416 valence electrons. The molecule has 0 aliphatic heterocycles. The Kier molecular flexibility index (Phi) is 58.2. The van der Waals surface area contributed by atoms with Crippen molar-refractivity contribution in [2.45, 2.75) is 348 Å². The largest absolute Gasteiger partial charge is 0.462 e. The highest BCUT2D eigenvalue weighted by Gasteiger charge is 2.19. The van der Waals surface area contributed by atoms with Crippen LogP contribution in [0, 0.1) is 0 Å². The molecule has 0 rings (SSSR count). The summed E-state index contributed by atoms with van der Waals surface area (Å²) in [5, 5.41) is 0. The first-order chi connectivity index (χ1) is 35.0. The van der Waals surface area contributed by atoms with Crippen LogP contribution in [0.15, 0.2) is 36.5 Å². The Morgan fingerprint density at radius 1 is 0.282 bits per heavy atom. The third-order valence-electron chi connectivity index (χ3n) is 14.1. The quantitative estimate of drug-likeness (QED) is 0.0261. The van der Waals surface area contributed by atoms with Crippen LogP contribution in [0.25, 0.3) is 0 Å². The standard InChI is InChI=1S/C65H120O6/c1-4-7-10-13-16-19-22-25-27-29-30-31-32-33-34-36-37-40-43-46-49-52-55-58-64(67)70-61-62(60-69-63(66)57-54-51-48-45-42-39-24-21-18-15-12-9-6-3)71-65(68)59-56-53-50-47-44-41-38-35-28-26-23-20-17-14-11-8-5-2/h22,25,29-30,32-33,62H,4-21,23-24,26-28,31,34-61H2,1-3H3/b25-22-,30-29-,33-32-. The van der Waals surface area contributed by atoms with Crippen LogP contribution in [0.1, 0.15) is 342 Å². The monoisotopic (exact) mass is 997 g/mol. The summed E-state index contributed by atoms with van der Waals surface area (Å²) in [7, 11) is 0. The van der Waals surface area contributed by atoms with E-state index in [9.17, 15) is 14.4 Å². The number of hydrogen-bond acceptors (Lipinski definition) is 6. The molecule has 0 aliphatic rings. The summed E-state index contributed by atoms with van der Waals surface area (Å²) < 4.78 is 16.9. The Morgan fingerprint density at radius 2 is 0.507 bits per heavy atom. The third-order valence-corrected chi connectivity index (χ3v) is 14.1. The van der Waals surface area contributed by atoms with E-state index in [1.54, 1.807) is 0 Å². The van der Waals surface area contributed by atoms with Gasteiger partial charge >= 0.3 is 17.9 Å². The summed E-state index contributed by atoms with van der Waals surface area (Å²) in [6, 6.07) is 0. The first-order valence-corrected chi connectivity index (χ1v) is 31.5. The molecule has 0 radical (unpaired) electrons. The molecule has 0 fully saturated rings. The van der Waals surface area contributed by atoms with E-state index >= 15 is 0 Å². The van der Waals surface area contributed by atoms with Crippen molar-refractivity contribution in [2.24, 2.45) is 0 Å². The van der Waals surface area contributed by atoms with Crippen molar-refractivity contribution in [1.29, 1.82) is 0 Å². The molecule has 1 unspecified atom stereocenters. The van der Waals surface area contributed by atoms with Crippen LogP contribution in [-0.2, 0) is 28.6 Å². The average molecular weight is 998 g/mol. The highest BCUT2D eigenvalue weighted by molar-refractivity contribution is 5.71. The van der Waals surface area contributed by atoms with Crippen LogP contribution in [0.4, 0.5) is 0 Å². The molecule has 1 atom stereocenters. The van der Waals surface area contributed by atoms with Crippen LogP contribution >= 0.6 is 0 Å². The number of carbonyl (C=O) groups is 3. The van der Waals surface area contributed by atoms with Gasteiger partial charge in [0.1, 0.15) is 13.2 Å². The summed E-state index contributed by atoms with van der Waals surface area (Å²) in [5.74, 6) is -0.853. The van der Waals surface area contributed by atoms with Gasteiger partial charge in [0.25, 0.3) is 0 Å². The maximum absolute atomic E-state index is 12.9. The van der Waals surface area contributed by atoms with Gasteiger partial charge in [-0.1, -0.05) is 301 Å². The number of hydrogen-bond donors (Lipinski definition) is 0. The molecule has 0 saturated heterocycles. The van der Waals surface area contributed by atoms with Crippen molar-refractivity contribution in [3.63, 3.8) is 0 Å². The smallest absolute Gasteiger partial charge is 0.306 e. The minimum Gasteiger partial charge on any atom is -0.462 e.